The summed E-state index contributed by atoms with van der Waals surface area (Å²) in [6.07, 6.45) is -0.590. The molecule has 0 N–H and O–H groups in total. The summed E-state index contributed by atoms with van der Waals surface area (Å²) >= 11 is 0. The molecule has 2 amide bonds. The van der Waals surface area contributed by atoms with Crippen LogP contribution in [-0.4, -0.2) is 72.1 Å². The largest absolute Gasteiger partial charge is 0.415 e. The molecular weight excluding hydrogens is 535 g/mol. The van der Waals surface area contributed by atoms with Crippen molar-refractivity contribution in [3.05, 3.63) is 65.3 Å². The third kappa shape index (κ3) is 6.41. The number of aromatic nitrogens is 2. The van der Waals surface area contributed by atoms with Gasteiger partial charge in [0.2, 0.25) is 5.89 Å². The van der Waals surface area contributed by atoms with E-state index in [1.807, 2.05) is 12.1 Å². The molecule has 3 aromatic rings. The van der Waals surface area contributed by atoms with Crippen LogP contribution < -0.4 is 4.90 Å². The normalized spacial score (nSPS) is 17.6. The van der Waals surface area contributed by atoms with Crippen molar-refractivity contribution in [3.63, 3.8) is 0 Å². The lowest BCUT2D eigenvalue weighted by atomic mass is 10.1. The number of hydrogen-bond acceptors (Lipinski definition) is 7. The lowest BCUT2D eigenvalue weighted by molar-refractivity contribution is 0.116. The Balaban J connectivity index is 1.39. The van der Waals surface area contributed by atoms with E-state index in [2.05, 4.69) is 15.1 Å². The van der Waals surface area contributed by atoms with Gasteiger partial charge < -0.3 is 9.32 Å². The lowest BCUT2D eigenvalue weighted by Gasteiger charge is -2.33. The van der Waals surface area contributed by atoms with Crippen molar-refractivity contribution >= 4 is 21.6 Å². The summed E-state index contributed by atoms with van der Waals surface area (Å²) in [5.41, 5.74) is 1.93. The quantitative estimate of drug-likeness (QED) is 0.423. The molecule has 2 saturated heterocycles. The number of carbonyl (C=O) groups is 1. The molecule has 208 valence electrons. The number of hydrogen-bond donors (Lipinski definition) is 0. The van der Waals surface area contributed by atoms with Crippen LogP contribution in [0.5, 0.6) is 0 Å². The first-order chi connectivity index (χ1) is 18.7. The molecule has 0 atom stereocenters. The standard InChI is InChI=1S/C26H28F3N5O4S/c27-22-15-19(24-30-31-25(38-24)23(28)29)5-6-20(22)17-34(26(35)33-11-13-39(36,37)14-12-33)21-7-3-18(4-8-21)16-32-9-1-2-10-32/h3-8,15,23H,1-2,9-14,16-17H2. The summed E-state index contributed by atoms with van der Waals surface area (Å²) in [5, 5.41) is 6.81. The Kier molecular flexibility index (Phi) is 7.89. The zero-order valence-electron chi connectivity index (χ0n) is 21.1. The maximum absolute atomic E-state index is 15.2. The van der Waals surface area contributed by atoms with E-state index in [1.54, 1.807) is 12.1 Å². The molecule has 2 aliphatic rings. The van der Waals surface area contributed by atoms with E-state index in [1.165, 1.54) is 34.8 Å². The van der Waals surface area contributed by atoms with Crippen LogP contribution in [0.4, 0.5) is 23.7 Å². The Morgan fingerprint density at radius 2 is 1.69 bits per heavy atom. The number of rotatable bonds is 7. The van der Waals surface area contributed by atoms with Crippen LogP contribution in [0.15, 0.2) is 46.9 Å². The molecule has 3 heterocycles. The summed E-state index contributed by atoms with van der Waals surface area (Å²) in [6.45, 7) is 2.87. The van der Waals surface area contributed by atoms with Crippen LogP contribution >= 0.6 is 0 Å². The molecule has 2 aromatic carbocycles. The molecule has 2 fully saturated rings. The molecule has 0 bridgehead atoms. The number of anilines is 1. The van der Waals surface area contributed by atoms with E-state index in [4.69, 9.17) is 4.42 Å². The highest BCUT2D eigenvalue weighted by molar-refractivity contribution is 7.91. The van der Waals surface area contributed by atoms with Crippen molar-refractivity contribution < 1.29 is 30.8 Å². The second-order valence-corrected chi connectivity index (χ2v) is 12.0. The van der Waals surface area contributed by atoms with Crippen LogP contribution in [0.2, 0.25) is 0 Å². The SMILES string of the molecule is O=C(N1CCS(=O)(=O)CC1)N(Cc1ccc(-c2nnc(C(F)F)o2)cc1F)c1ccc(CN2CCCC2)cc1. The van der Waals surface area contributed by atoms with Crippen LogP contribution in [0.3, 0.4) is 0 Å². The third-order valence-electron chi connectivity index (χ3n) is 6.95. The fourth-order valence-electron chi connectivity index (χ4n) is 4.74. The van der Waals surface area contributed by atoms with Gasteiger partial charge in [0.1, 0.15) is 5.82 Å². The van der Waals surface area contributed by atoms with Gasteiger partial charge in [-0.05, 0) is 55.8 Å². The van der Waals surface area contributed by atoms with Crippen LogP contribution in [0.1, 0.15) is 36.3 Å². The zero-order chi connectivity index (χ0) is 27.6. The molecular formula is C26H28F3N5O4S. The van der Waals surface area contributed by atoms with E-state index < -0.39 is 34.0 Å². The molecule has 1 aromatic heterocycles. The van der Waals surface area contributed by atoms with Gasteiger partial charge in [-0.2, -0.15) is 8.78 Å². The first-order valence-corrected chi connectivity index (χ1v) is 14.5. The smallest absolute Gasteiger partial charge is 0.324 e. The predicted octanol–water partition coefficient (Wildman–Crippen LogP) is 4.27. The van der Waals surface area contributed by atoms with Gasteiger partial charge in [0, 0.05) is 36.4 Å². The molecule has 9 nitrogen and oxygen atoms in total. The Morgan fingerprint density at radius 1 is 1.00 bits per heavy atom. The van der Waals surface area contributed by atoms with Gasteiger partial charge in [-0.3, -0.25) is 9.80 Å². The predicted molar refractivity (Wildman–Crippen MR) is 137 cm³/mol. The number of halogens is 3. The van der Waals surface area contributed by atoms with E-state index in [-0.39, 0.29) is 48.2 Å². The molecule has 0 radical (unpaired) electrons. The number of likely N-dealkylation sites (tertiary alicyclic amines) is 1. The zero-order valence-corrected chi connectivity index (χ0v) is 21.9. The third-order valence-corrected chi connectivity index (χ3v) is 8.56. The number of carbonyl (C=O) groups excluding carboxylic acids is 1. The molecule has 0 saturated carbocycles. The summed E-state index contributed by atoms with van der Waals surface area (Å²) in [6, 6.07) is 11.0. The lowest BCUT2D eigenvalue weighted by Crippen LogP contribution is -2.49. The maximum Gasteiger partial charge on any atom is 0.324 e. The number of alkyl halides is 2. The topological polar surface area (TPSA) is 99.9 Å². The molecule has 39 heavy (non-hydrogen) atoms. The second kappa shape index (κ2) is 11.3. The molecule has 0 aliphatic carbocycles. The van der Waals surface area contributed by atoms with Gasteiger partial charge in [0.25, 0.3) is 5.89 Å². The van der Waals surface area contributed by atoms with Gasteiger partial charge in [0.05, 0.1) is 18.1 Å². The molecule has 13 heteroatoms. The molecule has 5 rings (SSSR count). The van der Waals surface area contributed by atoms with Gasteiger partial charge in [-0.15, -0.1) is 10.2 Å². The second-order valence-electron chi connectivity index (χ2n) is 9.71. The number of sulfone groups is 1. The fraction of sp³-hybridized carbons (Fsp3) is 0.423. The van der Waals surface area contributed by atoms with Crippen molar-refractivity contribution in [2.24, 2.45) is 0 Å². The van der Waals surface area contributed by atoms with E-state index >= 15 is 4.39 Å². The Hall–Kier alpha value is -3.45. The van der Waals surface area contributed by atoms with Gasteiger partial charge >= 0.3 is 12.5 Å². The highest BCUT2D eigenvalue weighted by Gasteiger charge is 2.30. The van der Waals surface area contributed by atoms with Crippen molar-refractivity contribution in [1.29, 1.82) is 0 Å². The first-order valence-electron chi connectivity index (χ1n) is 12.7. The summed E-state index contributed by atoms with van der Waals surface area (Å²) in [5.74, 6) is -2.05. The van der Waals surface area contributed by atoms with Gasteiger partial charge in [-0.1, -0.05) is 18.2 Å². The highest BCUT2D eigenvalue weighted by atomic mass is 32.2. The summed E-state index contributed by atoms with van der Waals surface area (Å²) in [4.78, 5) is 18.8. The summed E-state index contributed by atoms with van der Waals surface area (Å²) in [7, 11) is -3.20. The van der Waals surface area contributed by atoms with Crippen molar-refractivity contribution in [1.82, 2.24) is 20.0 Å². The van der Waals surface area contributed by atoms with E-state index in [9.17, 15) is 22.0 Å². The van der Waals surface area contributed by atoms with Crippen molar-refractivity contribution in [3.8, 4) is 11.5 Å². The van der Waals surface area contributed by atoms with Crippen molar-refractivity contribution in [2.75, 3.05) is 42.6 Å². The van der Waals surface area contributed by atoms with Crippen LogP contribution in [-0.2, 0) is 22.9 Å². The Bertz CT molecular complexity index is 1410. The van der Waals surface area contributed by atoms with Crippen LogP contribution in [0.25, 0.3) is 11.5 Å². The number of amides is 2. The number of benzene rings is 2. The minimum absolute atomic E-state index is 0.0514. The molecule has 0 spiro atoms. The number of urea groups is 1. The number of nitrogens with zero attached hydrogens (tertiary/aromatic N) is 5. The maximum atomic E-state index is 15.2. The van der Waals surface area contributed by atoms with E-state index in [0.717, 1.165) is 31.3 Å². The van der Waals surface area contributed by atoms with E-state index in [0.29, 0.717) is 5.69 Å². The average molecular weight is 564 g/mol. The Morgan fingerprint density at radius 3 is 2.31 bits per heavy atom. The minimum Gasteiger partial charge on any atom is -0.415 e. The molecule has 2 aliphatic heterocycles. The first kappa shape index (κ1) is 27.1. The monoisotopic (exact) mass is 563 g/mol. The van der Waals surface area contributed by atoms with Crippen LogP contribution in [0, 0.1) is 5.82 Å². The average Bonchev–Trinajstić information content (AvgIpc) is 3.61. The highest BCUT2D eigenvalue weighted by Crippen LogP contribution is 2.27. The Labute approximate surface area is 224 Å². The minimum atomic E-state index is -3.20. The summed E-state index contributed by atoms with van der Waals surface area (Å²) < 4.78 is 69.5. The van der Waals surface area contributed by atoms with Gasteiger partial charge in [-0.25, -0.2) is 17.6 Å². The molecule has 0 unspecified atom stereocenters. The van der Waals surface area contributed by atoms with Gasteiger partial charge in [0.15, 0.2) is 9.84 Å². The fourth-order valence-corrected chi connectivity index (χ4v) is 5.94. The van der Waals surface area contributed by atoms with Crippen molar-refractivity contribution in [2.45, 2.75) is 32.4 Å².